The fraction of sp³-hybridized carbons (Fsp3) is 0.794. The first kappa shape index (κ1) is 28.4. The van der Waals surface area contributed by atoms with Crippen LogP contribution in [0, 0.1) is 34.5 Å². The highest BCUT2D eigenvalue weighted by molar-refractivity contribution is 7.80. The summed E-state index contributed by atoms with van der Waals surface area (Å²) < 4.78 is 0. The largest absolute Gasteiger partial charge is 0.478 e. The van der Waals surface area contributed by atoms with Crippen molar-refractivity contribution in [2.75, 3.05) is 0 Å². The summed E-state index contributed by atoms with van der Waals surface area (Å²) >= 11 is 6.07. The molecule has 6 atom stereocenters. The number of allylic oxidation sites excluding steroid dienone is 3. The van der Waals surface area contributed by atoms with Crippen molar-refractivity contribution in [1.82, 2.24) is 10.2 Å². The van der Waals surface area contributed by atoms with Crippen molar-refractivity contribution < 1.29 is 14.7 Å². The number of carboxylic acids is 1. The maximum absolute atomic E-state index is 14.7. The Morgan fingerprint density at radius 3 is 2.33 bits per heavy atom. The van der Waals surface area contributed by atoms with Gasteiger partial charge in [-0.1, -0.05) is 58.4 Å². The molecule has 2 N–H and O–H groups in total. The van der Waals surface area contributed by atoms with Gasteiger partial charge in [0.05, 0.1) is 0 Å². The van der Waals surface area contributed by atoms with E-state index in [0.29, 0.717) is 46.8 Å². The lowest BCUT2D eigenvalue weighted by atomic mass is 9.48. The number of amides is 1. The Labute approximate surface area is 246 Å². The molecule has 40 heavy (non-hydrogen) atoms. The first-order valence-corrected chi connectivity index (χ1v) is 16.9. The summed E-state index contributed by atoms with van der Waals surface area (Å²) in [6, 6.07) is 0.665. The number of nitrogens with one attached hydrogen (secondary N) is 1. The summed E-state index contributed by atoms with van der Waals surface area (Å²) in [6.07, 6.45) is 23.3. The van der Waals surface area contributed by atoms with Gasteiger partial charge in [0, 0.05) is 23.6 Å². The number of aliphatic carboxylic acids is 1. The Morgan fingerprint density at radius 2 is 1.62 bits per heavy atom. The Hall–Kier alpha value is -1.69. The number of hydrogen-bond acceptors (Lipinski definition) is 3. The van der Waals surface area contributed by atoms with E-state index in [1.54, 1.807) is 0 Å². The van der Waals surface area contributed by atoms with Gasteiger partial charge in [-0.15, -0.1) is 0 Å². The quantitative estimate of drug-likeness (QED) is 0.344. The first-order valence-electron chi connectivity index (χ1n) is 16.5. The monoisotopic (exact) mass is 566 g/mol. The van der Waals surface area contributed by atoms with Crippen LogP contribution in [0.2, 0.25) is 0 Å². The van der Waals surface area contributed by atoms with E-state index in [2.05, 4.69) is 30.1 Å². The standard InChI is InChI=1S/C34H50N2O3S/c1-33-19-17-22(31(38)39)21-23(33)13-14-26-27-15-16-29(34(27,2)20-18-28(26)33)30(37)36(25-11-7-4-8-12-25)32(40)35-24-9-5-3-6-10-24/h13,21,24-29H,3-12,14-20H2,1-2H3,(H,35,40)(H,38,39)/t26-,27-,28-,29+,33-,34-/m0/s1. The van der Waals surface area contributed by atoms with E-state index >= 15 is 0 Å². The molecule has 6 aliphatic carbocycles. The molecule has 0 bridgehead atoms. The molecule has 0 unspecified atom stereocenters. The molecule has 6 aliphatic rings. The summed E-state index contributed by atoms with van der Waals surface area (Å²) in [5, 5.41) is 14.0. The van der Waals surface area contributed by atoms with Gasteiger partial charge in [0.15, 0.2) is 5.11 Å². The SMILES string of the molecule is C[C@]12CC[C@H]3[C@@H](CC=C4C=C(C(=O)O)CC[C@@]43C)[C@@H]1CC[C@@H]2C(=O)N(C(=S)NC1CCCCC1)C1CCCCC1. The molecule has 1 amide bonds. The minimum atomic E-state index is -0.767. The number of thiocarbonyl (C=S) groups is 1. The van der Waals surface area contributed by atoms with Crippen LogP contribution in [0.3, 0.4) is 0 Å². The minimum Gasteiger partial charge on any atom is -0.478 e. The lowest BCUT2D eigenvalue weighted by Gasteiger charge is -2.57. The maximum atomic E-state index is 14.7. The molecule has 0 radical (unpaired) electrons. The van der Waals surface area contributed by atoms with Crippen LogP contribution in [0.4, 0.5) is 0 Å². The highest BCUT2D eigenvalue weighted by Crippen LogP contribution is 2.66. The van der Waals surface area contributed by atoms with Gasteiger partial charge in [-0.25, -0.2) is 4.79 Å². The van der Waals surface area contributed by atoms with E-state index < -0.39 is 5.97 Å². The summed E-state index contributed by atoms with van der Waals surface area (Å²) in [5.41, 5.74) is 1.90. The molecule has 4 saturated carbocycles. The molecule has 0 aromatic heterocycles. The molecule has 6 rings (SSSR count). The predicted octanol–water partition coefficient (Wildman–Crippen LogP) is 7.55. The van der Waals surface area contributed by atoms with Gasteiger partial charge in [-0.05, 0) is 123 Å². The molecule has 220 valence electrons. The second-order valence-electron chi connectivity index (χ2n) is 14.6. The van der Waals surface area contributed by atoms with Gasteiger partial charge in [-0.3, -0.25) is 9.69 Å². The zero-order valence-corrected chi connectivity index (χ0v) is 25.6. The smallest absolute Gasteiger partial charge is 0.331 e. The van der Waals surface area contributed by atoms with E-state index in [1.807, 2.05) is 6.08 Å². The molecule has 5 nitrogen and oxygen atoms in total. The van der Waals surface area contributed by atoms with Gasteiger partial charge < -0.3 is 10.4 Å². The molecule has 0 aliphatic heterocycles. The maximum Gasteiger partial charge on any atom is 0.331 e. The van der Waals surface area contributed by atoms with E-state index in [1.165, 1.54) is 44.1 Å². The van der Waals surface area contributed by atoms with Crippen molar-refractivity contribution >= 4 is 29.2 Å². The third-order valence-electron chi connectivity index (χ3n) is 12.7. The van der Waals surface area contributed by atoms with Crippen LogP contribution in [0.25, 0.3) is 0 Å². The van der Waals surface area contributed by atoms with Gasteiger partial charge in [-0.2, -0.15) is 0 Å². The van der Waals surface area contributed by atoms with Crippen LogP contribution in [0.1, 0.15) is 123 Å². The Bertz CT molecular complexity index is 1090. The van der Waals surface area contributed by atoms with Crippen molar-refractivity contribution in [2.45, 2.75) is 135 Å². The fourth-order valence-corrected chi connectivity index (χ4v) is 10.7. The molecule has 0 aromatic carbocycles. The van der Waals surface area contributed by atoms with E-state index in [4.69, 9.17) is 12.2 Å². The zero-order valence-electron chi connectivity index (χ0n) is 24.8. The lowest BCUT2D eigenvalue weighted by molar-refractivity contribution is -0.140. The number of carbonyl (C=O) groups excluding carboxylic acids is 1. The fourth-order valence-electron chi connectivity index (χ4n) is 10.3. The molecule has 0 aromatic rings. The van der Waals surface area contributed by atoms with Crippen LogP contribution in [0.5, 0.6) is 0 Å². The second-order valence-corrected chi connectivity index (χ2v) is 15.0. The van der Waals surface area contributed by atoms with Crippen LogP contribution in [-0.2, 0) is 9.59 Å². The topological polar surface area (TPSA) is 69.6 Å². The number of rotatable bonds is 4. The third-order valence-corrected chi connectivity index (χ3v) is 13.0. The second kappa shape index (κ2) is 11.2. The van der Waals surface area contributed by atoms with Crippen LogP contribution in [0.15, 0.2) is 23.3 Å². The summed E-state index contributed by atoms with van der Waals surface area (Å²) in [5.74, 6) is 1.31. The summed E-state index contributed by atoms with van der Waals surface area (Å²) in [4.78, 5) is 28.5. The number of carboxylic acid groups (broad SMARTS) is 1. The van der Waals surface area contributed by atoms with Crippen molar-refractivity contribution in [1.29, 1.82) is 0 Å². The first-order chi connectivity index (χ1) is 19.2. The molecule has 6 heteroatoms. The van der Waals surface area contributed by atoms with Gasteiger partial charge in [0.1, 0.15) is 0 Å². The predicted molar refractivity (Wildman–Crippen MR) is 163 cm³/mol. The zero-order chi connectivity index (χ0) is 28.1. The molecular weight excluding hydrogens is 516 g/mol. The Balaban J connectivity index is 1.23. The van der Waals surface area contributed by atoms with Crippen molar-refractivity contribution in [3.8, 4) is 0 Å². The van der Waals surface area contributed by atoms with Crippen molar-refractivity contribution in [3.63, 3.8) is 0 Å². The van der Waals surface area contributed by atoms with Crippen LogP contribution >= 0.6 is 12.2 Å². The third kappa shape index (κ3) is 4.88. The number of carbonyl (C=O) groups is 2. The highest BCUT2D eigenvalue weighted by atomic mass is 32.1. The number of fused-ring (bicyclic) bond motifs is 5. The van der Waals surface area contributed by atoms with Crippen molar-refractivity contribution in [2.24, 2.45) is 34.5 Å². The summed E-state index contributed by atoms with van der Waals surface area (Å²) in [7, 11) is 0. The minimum absolute atomic E-state index is 0.0179. The van der Waals surface area contributed by atoms with Gasteiger partial charge in [0.2, 0.25) is 5.91 Å². The number of hydrogen-bond donors (Lipinski definition) is 2. The molecule has 0 spiro atoms. The lowest BCUT2D eigenvalue weighted by Crippen LogP contribution is -2.57. The Morgan fingerprint density at radius 1 is 0.925 bits per heavy atom. The average Bonchev–Trinajstić information content (AvgIpc) is 3.31. The van der Waals surface area contributed by atoms with E-state index in [-0.39, 0.29) is 22.8 Å². The van der Waals surface area contributed by atoms with Gasteiger partial charge in [0.25, 0.3) is 0 Å². The molecular formula is C34H50N2O3S. The van der Waals surface area contributed by atoms with Crippen LogP contribution in [-0.4, -0.2) is 39.1 Å². The van der Waals surface area contributed by atoms with E-state index in [0.717, 1.165) is 64.2 Å². The van der Waals surface area contributed by atoms with Gasteiger partial charge >= 0.3 is 5.97 Å². The van der Waals surface area contributed by atoms with E-state index in [9.17, 15) is 14.7 Å². The summed E-state index contributed by atoms with van der Waals surface area (Å²) in [6.45, 7) is 4.83. The van der Waals surface area contributed by atoms with Crippen LogP contribution < -0.4 is 5.32 Å². The average molecular weight is 567 g/mol. The van der Waals surface area contributed by atoms with Crippen molar-refractivity contribution in [3.05, 3.63) is 23.3 Å². The highest BCUT2D eigenvalue weighted by Gasteiger charge is 2.60. The number of nitrogens with zero attached hydrogens (tertiary/aromatic N) is 1. The molecule has 0 heterocycles. The normalized spacial score (nSPS) is 38.2. The Kier molecular flexibility index (Phi) is 7.95. The molecule has 4 fully saturated rings. The molecule has 0 saturated heterocycles.